The molecule has 0 saturated carbocycles. The van der Waals surface area contributed by atoms with Gasteiger partial charge in [-0.1, -0.05) is 25.1 Å². The first-order valence-electron chi connectivity index (χ1n) is 9.79. The Morgan fingerprint density at radius 2 is 2.07 bits per heavy atom. The van der Waals surface area contributed by atoms with Crippen LogP contribution in [-0.2, 0) is 13.0 Å². The Morgan fingerprint density at radius 3 is 2.78 bits per heavy atom. The molecule has 2 N–H and O–H groups in total. The molecule has 0 radical (unpaired) electrons. The predicted molar refractivity (Wildman–Crippen MR) is 112 cm³/mol. The molecular formula is C22H32N4O. The molecule has 0 saturated heterocycles. The lowest BCUT2D eigenvalue weighted by Crippen LogP contribution is -2.38. The normalized spacial score (nSPS) is 12.5. The van der Waals surface area contributed by atoms with E-state index in [4.69, 9.17) is 9.73 Å². The van der Waals surface area contributed by atoms with Crippen molar-refractivity contribution < 1.29 is 4.74 Å². The zero-order valence-electron chi connectivity index (χ0n) is 17.0. The van der Waals surface area contributed by atoms with Gasteiger partial charge in [-0.05, 0) is 56.9 Å². The first-order chi connectivity index (χ1) is 13.1. The molecular weight excluding hydrogens is 336 g/mol. The number of aryl methyl sites for hydroxylation is 1. The number of benzene rings is 1. The molecule has 1 heterocycles. The highest BCUT2D eigenvalue weighted by Crippen LogP contribution is 2.23. The Bertz CT molecular complexity index is 716. The van der Waals surface area contributed by atoms with Crippen LogP contribution < -0.4 is 15.4 Å². The van der Waals surface area contributed by atoms with E-state index in [1.54, 1.807) is 6.20 Å². The van der Waals surface area contributed by atoms with E-state index in [0.717, 1.165) is 43.2 Å². The van der Waals surface area contributed by atoms with Crippen LogP contribution in [0.25, 0.3) is 0 Å². The molecule has 1 atom stereocenters. The molecule has 2 rings (SSSR count). The first kappa shape index (κ1) is 20.7. The summed E-state index contributed by atoms with van der Waals surface area (Å²) < 4.78 is 6.09. The van der Waals surface area contributed by atoms with Crippen molar-refractivity contribution >= 4 is 5.96 Å². The molecule has 1 aromatic carbocycles. The van der Waals surface area contributed by atoms with Gasteiger partial charge in [0.25, 0.3) is 0 Å². The van der Waals surface area contributed by atoms with Crippen LogP contribution in [0, 0.1) is 6.92 Å². The zero-order chi connectivity index (χ0) is 19.5. The van der Waals surface area contributed by atoms with Crippen molar-refractivity contribution in [2.24, 2.45) is 4.99 Å². The summed E-state index contributed by atoms with van der Waals surface area (Å²) in [5.74, 6) is 1.75. The molecule has 0 bridgehead atoms. The van der Waals surface area contributed by atoms with Crippen molar-refractivity contribution in [2.75, 3.05) is 13.1 Å². The lowest BCUT2D eigenvalue weighted by atomic mass is 10.1. The molecule has 0 fully saturated rings. The second kappa shape index (κ2) is 11.2. The Morgan fingerprint density at radius 1 is 1.22 bits per heavy atom. The molecule has 1 unspecified atom stereocenters. The molecule has 2 aromatic rings. The second-order valence-corrected chi connectivity index (χ2v) is 6.68. The standard InChI is InChI=1S/C22H32N4O/c1-5-18(4)27-21-14-17(3)9-10-20(21)16-26-22(24-6-2)25-13-11-19-8-7-12-23-15-19/h7-10,12,14-15,18H,5-6,11,13,16H2,1-4H3,(H2,24,25,26). The van der Waals surface area contributed by atoms with Crippen LogP contribution in [0.2, 0.25) is 0 Å². The Balaban J connectivity index is 2.00. The smallest absolute Gasteiger partial charge is 0.191 e. The molecule has 0 aliphatic carbocycles. The van der Waals surface area contributed by atoms with E-state index in [2.05, 4.69) is 67.6 Å². The van der Waals surface area contributed by atoms with Gasteiger partial charge in [-0.15, -0.1) is 0 Å². The minimum Gasteiger partial charge on any atom is -0.490 e. The Labute approximate surface area is 163 Å². The summed E-state index contributed by atoms with van der Waals surface area (Å²) in [7, 11) is 0. The number of hydrogen-bond donors (Lipinski definition) is 2. The molecule has 5 heteroatoms. The summed E-state index contributed by atoms with van der Waals surface area (Å²) in [5.41, 5.74) is 3.51. The summed E-state index contributed by atoms with van der Waals surface area (Å²) in [5, 5.41) is 6.70. The third-order valence-corrected chi connectivity index (χ3v) is 4.31. The maximum Gasteiger partial charge on any atom is 0.191 e. The van der Waals surface area contributed by atoms with E-state index in [0.29, 0.717) is 6.54 Å². The largest absolute Gasteiger partial charge is 0.490 e. The van der Waals surface area contributed by atoms with Crippen LogP contribution >= 0.6 is 0 Å². The molecule has 5 nitrogen and oxygen atoms in total. The molecule has 0 amide bonds. The number of rotatable bonds is 9. The van der Waals surface area contributed by atoms with Crippen molar-refractivity contribution in [3.05, 3.63) is 59.4 Å². The van der Waals surface area contributed by atoms with Crippen molar-refractivity contribution in [1.29, 1.82) is 0 Å². The molecule has 146 valence electrons. The predicted octanol–water partition coefficient (Wildman–Crippen LogP) is 3.87. The Kier molecular flexibility index (Phi) is 8.62. The average Bonchev–Trinajstić information content (AvgIpc) is 2.68. The van der Waals surface area contributed by atoms with Crippen molar-refractivity contribution in [1.82, 2.24) is 15.6 Å². The van der Waals surface area contributed by atoms with Gasteiger partial charge in [0.2, 0.25) is 0 Å². The highest BCUT2D eigenvalue weighted by Gasteiger charge is 2.08. The van der Waals surface area contributed by atoms with Crippen LogP contribution in [0.1, 0.15) is 43.9 Å². The van der Waals surface area contributed by atoms with Gasteiger partial charge in [0.05, 0.1) is 12.6 Å². The summed E-state index contributed by atoms with van der Waals surface area (Å²) in [6, 6.07) is 10.4. The Hall–Kier alpha value is -2.56. The van der Waals surface area contributed by atoms with Crippen LogP contribution in [-0.4, -0.2) is 30.1 Å². The number of guanidine groups is 1. The van der Waals surface area contributed by atoms with Crippen LogP contribution in [0.3, 0.4) is 0 Å². The van der Waals surface area contributed by atoms with Gasteiger partial charge in [-0.25, -0.2) is 4.99 Å². The molecule has 27 heavy (non-hydrogen) atoms. The van der Waals surface area contributed by atoms with Gasteiger partial charge in [0.1, 0.15) is 5.75 Å². The number of aliphatic imine (C=N–C) groups is 1. The van der Waals surface area contributed by atoms with E-state index >= 15 is 0 Å². The lowest BCUT2D eigenvalue weighted by Gasteiger charge is -2.17. The highest BCUT2D eigenvalue weighted by molar-refractivity contribution is 5.79. The highest BCUT2D eigenvalue weighted by atomic mass is 16.5. The van der Waals surface area contributed by atoms with Gasteiger partial charge in [0.15, 0.2) is 5.96 Å². The van der Waals surface area contributed by atoms with Crippen LogP contribution in [0.5, 0.6) is 5.75 Å². The van der Waals surface area contributed by atoms with E-state index in [1.807, 2.05) is 12.3 Å². The number of nitrogens with one attached hydrogen (secondary N) is 2. The lowest BCUT2D eigenvalue weighted by molar-refractivity contribution is 0.215. The van der Waals surface area contributed by atoms with Gasteiger partial charge in [0, 0.05) is 31.0 Å². The third kappa shape index (κ3) is 7.29. The van der Waals surface area contributed by atoms with E-state index in [9.17, 15) is 0 Å². The van der Waals surface area contributed by atoms with E-state index in [-0.39, 0.29) is 6.10 Å². The first-order valence-corrected chi connectivity index (χ1v) is 9.79. The summed E-state index contributed by atoms with van der Waals surface area (Å²) in [6.07, 6.45) is 5.78. The summed E-state index contributed by atoms with van der Waals surface area (Å²) >= 11 is 0. The minimum absolute atomic E-state index is 0.195. The zero-order valence-corrected chi connectivity index (χ0v) is 17.0. The molecule has 0 aliphatic heterocycles. The second-order valence-electron chi connectivity index (χ2n) is 6.68. The number of nitrogens with zero attached hydrogens (tertiary/aromatic N) is 2. The SMILES string of the molecule is CCNC(=NCc1ccc(C)cc1OC(C)CC)NCCc1cccnc1. The van der Waals surface area contributed by atoms with Crippen molar-refractivity contribution in [3.8, 4) is 5.75 Å². The number of aromatic nitrogens is 1. The fraction of sp³-hybridized carbons (Fsp3) is 0.455. The fourth-order valence-corrected chi connectivity index (χ4v) is 2.58. The number of hydrogen-bond acceptors (Lipinski definition) is 3. The van der Waals surface area contributed by atoms with Crippen molar-refractivity contribution in [2.45, 2.75) is 53.2 Å². The molecule has 0 aliphatic rings. The summed E-state index contributed by atoms with van der Waals surface area (Å²) in [6.45, 7) is 10.6. The van der Waals surface area contributed by atoms with Crippen molar-refractivity contribution in [3.63, 3.8) is 0 Å². The molecule has 1 aromatic heterocycles. The topological polar surface area (TPSA) is 58.5 Å². The number of ether oxygens (including phenoxy) is 1. The van der Waals surface area contributed by atoms with Gasteiger partial charge in [-0.2, -0.15) is 0 Å². The molecule has 0 spiro atoms. The third-order valence-electron chi connectivity index (χ3n) is 4.31. The maximum atomic E-state index is 6.09. The van der Waals surface area contributed by atoms with E-state index < -0.39 is 0 Å². The van der Waals surface area contributed by atoms with Gasteiger partial charge >= 0.3 is 0 Å². The van der Waals surface area contributed by atoms with Gasteiger partial charge in [-0.3, -0.25) is 4.98 Å². The van der Waals surface area contributed by atoms with E-state index in [1.165, 1.54) is 11.1 Å². The minimum atomic E-state index is 0.195. The van der Waals surface area contributed by atoms with Gasteiger partial charge < -0.3 is 15.4 Å². The monoisotopic (exact) mass is 368 g/mol. The summed E-state index contributed by atoms with van der Waals surface area (Å²) in [4.78, 5) is 8.89. The van der Waals surface area contributed by atoms with Crippen LogP contribution in [0.4, 0.5) is 0 Å². The fourth-order valence-electron chi connectivity index (χ4n) is 2.58. The average molecular weight is 369 g/mol. The van der Waals surface area contributed by atoms with Crippen LogP contribution in [0.15, 0.2) is 47.7 Å². The quantitative estimate of drug-likeness (QED) is 0.521. The number of pyridine rings is 1. The maximum absolute atomic E-state index is 6.09.